The van der Waals surface area contributed by atoms with Crippen molar-refractivity contribution in [3.63, 3.8) is 0 Å². The molecule has 0 aliphatic carbocycles. The van der Waals surface area contributed by atoms with Crippen LogP contribution in [0.3, 0.4) is 0 Å². The van der Waals surface area contributed by atoms with E-state index in [2.05, 4.69) is 5.32 Å². The summed E-state index contributed by atoms with van der Waals surface area (Å²) in [6.07, 6.45) is 0. The van der Waals surface area contributed by atoms with Gasteiger partial charge in [-0.1, -0.05) is 164 Å². The molecule has 8 aromatic rings. The SMILES string of the molecule is CC(=O)NCc1ccc(-c2cccc(B(O)O)c2)cc1.CC(=O)c1ccc(-c2ccc(F)c(B(O)O)c2)cc1.CC(=O)c1ccc(-c2cccc(B(O)O)c2)cc1.Cc1ccc(B(O)O)cc1-c1ccc(C(N)=O)cc1. The lowest BCUT2D eigenvalue weighted by atomic mass is 9.78. The second-order valence-corrected chi connectivity index (χ2v) is 17.4. The monoisotopic (exact) mass is 1020 g/mol. The lowest BCUT2D eigenvalue weighted by Crippen LogP contribution is -2.32. The molecule has 8 rings (SSSR count). The van der Waals surface area contributed by atoms with Gasteiger partial charge in [-0.15, -0.1) is 0 Å². The minimum atomic E-state index is -1.85. The number of Topliss-reactive ketones (excluding diaryl/α,β-unsaturated/α-hetero) is 2. The molecule has 0 unspecified atom stereocenters. The van der Waals surface area contributed by atoms with Gasteiger partial charge in [0.25, 0.3) is 0 Å². The molecule has 384 valence electrons. The van der Waals surface area contributed by atoms with Gasteiger partial charge in [-0.2, -0.15) is 0 Å². The molecule has 0 heterocycles. The summed E-state index contributed by atoms with van der Waals surface area (Å²) in [6, 6.07) is 52.1. The summed E-state index contributed by atoms with van der Waals surface area (Å²) in [6.45, 7) is 6.93. The van der Waals surface area contributed by atoms with Crippen molar-refractivity contribution in [1.29, 1.82) is 0 Å². The van der Waals surface area contributed by atoms with Gasteiger partial charge in [0.05, 0.1) is 0 Å². The molecule has 0 fully saturated rings. The van der Waals surface area contributed by atoms with E-state index in [4.69, 9.17) is 25.8 Å². The summed E-state index contributed by atoms with van der Waals surface area (Å²) in [5.41, 5.74) is 17.0. The molecule has 0 saturated carbocycles. The van der Waals surface area contributed by atoms with Gasteiger partial charge >= 0.3 is 28.5 Å². The Balaban J connectivity index is 0.000000187. The van der Waals surface area contributed by atoms with Crippen LogP contribution in [0.15, 0.2) is 182 Å². The minimum Gasteiger partial charge on any atom is -0.423 e. The Bertz CT molecular complexity index is 3250. The molecule has 0 spiro atoms. The van der Waals surface area contributed by atoms with E-state index in [0.29, 0.717) is 45.2 Å². The van der Waals surface area contributed by atoms with E-state index >= 15 is 0 Å². The molecule has 11 N–H and O–H groups in total. The predicted octanol–water partition coefficient (Wildman–Crippen LogP) is 3.72. The number of halogens is 1. The first-order valence-corrected chi connectivity index (χ1v) is 23.6. The molecule has 0 bridgehead atoms. The molecule has 8 aromatic carbocycles. The van der Waals surface area contributed by atoms with E-state index in [-0.39, 0.29) is 22.9 Å². The van der Waals surface area contributed by atoms with E-state index in [1.165, 1.54) is 32.9 Å². The summed E-state index contributed by atoms with van der Waals surface area (Å²) >= 11 is 0. The number of carbonyl (C=O) groups is 4. The maximum absolute atomic E-state index is 13.3. The quantitative estimate of drug-likeness (QED) is 0.0585. The number of hydrogen-bond acceptors (Lipinski definition) is 12. The molecule has 14 nitrogen and oxygen atoms in total. The van der Waals surface area contributed by atoms with Gasteiger partial charge in [0, 0.05) is 35.6 Å². The number of rotatable bonds is 13. The van der Waals surface area contributed by atoms with E-state index in [1.807, 2.05) is 61.5 Å². The second kappa shape index (κ2) is 28.0. The van der Waals surface area contributed by atoms with Gasteiger partial charge < -0.3 is 51.2 Å². The van der Waals surface area contributed by atoms with Gasteiger partial charge in [0.15, 0.2) is 11.6 Å². The summed E-state index contributed by atoms with van der Waals surface area (Å²) in [5, 5.41) is 75.9. The third kappa shape index (κ3) is 17.2. The van der Waals surface area contributed by atoms with Crippen molar-refractivity contribution >= 4 is 73.7 Å². The topological polar surface area (TPSA) is 268 Å². The zero-order valence-electron chi connectivity index (χ0n) is 42.0. The first kappa shape index (κ1) is 58.8. The van der Waals surface area contributed by atoms with Crippen LogP contribution in [0.1, 0.15) is 63.0 Å². The van der Waals surface area contributed by atoms with Crippen molar-refractivity contribution in [2.24, 2.45) is 5.73 Å². The Morgan fingerprint density at radius 3 is 1.25 bits per heavy atom. The van der Waals surface area contributed by atoms with Crippen molar-refractivity contribution in [3.8, 4) is 44.5 Å². The minimum absolute atomic E-state index is 0.0288. The summed E-state index contributed by atoms with van der Waals surface area (Å²) < 4.78 is 13.3. The van der Waals surface area contributed by atoms with Crippen LogP contribution in [-0.2, 0) is 11.3 Å². The predicted molar refractivity (Wildman–Crippen MR) is 298 cm³/mol. The fraction of sp³-hybridized carbons (Fsp3) is 0.0877. The fourth-order valence-corrected chi connectivity index (χ4v) is 7.44. The van der Waals surface area contributed by atoms with E-state index in [9.17, 15) is 43.7 Å². The maximum Gasteiger partial charge on any atom is 0.491 e. The Morgan fingerprint density at radius 2 is 0.842 bits per heavy atom. The van der Waals surface area contributed by atoms with Crippen LogP contribution in [0.2, 0.25) is 0 Å². The number of primary amides is 1. The maximum atomic E-state index is 13.3. The summed E-state index contributed by atoms with van der Waals surface area (Å²) in [5.74, 6) is -1.20. The smallest absolute Gasteiger partial charge is 0.423 e. The number of nitrogens with two attached hydrogens (primary N) is 1. The molecule has 0 saturated heterocycles. The second-order valence-electron chi connectivity index (χ2n) is 17.4. The Morgan fingerprint density at radius 1 is 0.447 bits per heavy atom. The highest BCUT2D eigenvalue weighted by molar-refractivity contribution is 6.60. The molecular weight excluding hydrogens is 967 g/mol. The lowest BCUT2D eigenvalue weighted by molar-refractivity contribution is -0.119. The molecule has 2 amide bonds. The molecule has 0 aliphatic rings. The fourth-order valence-electron chi connectivity index (χ4n) is 7.44. The van der Waals surface area contributed by atoms with Crippen LogP contribution in [0.4, 0.5) is 4.39 Å². The number of benzene rings is 8. The number of hydrogen-bond donors (Lipinski definition) is 10. The number of carbonyl (C=O) groups excluding carboxylic acids is 4. The van der Waals surface area contributed by atoms with Crippen LogP contribution < -0.4 is 32.9 Å². The molecule has 0 aliphatic heterocycles. The van der Waals surface area contributed by atoms with Crippen LogP contribution in [0.25, 0.3) is 44.5 Å². The Labute approximate surface area is 441 Å². The van der Waals surface area contributed by atoms with Crippen molar-refractivity contribution in [2.75, 3.05) is 0 Å². The summed E-state index contributed by atoms with van der Waals surface area (Å²) in [4.78, 5) is 44.2. The van der Waals surface area contributed by atoms with Crippen molar-refractivity contribution in [1.82, 2.24) is 5.32 Å². The molecule has 0 aromatic heterocycles. The average molecular weight is 1020 g/mol. The van der Waals surface area contributed by atoms with Gasteiger partial charge in [-0.3, -0.25) is 19.2 Å². The average Bonchev–Trinajstić information content (AvgIpc) is 3.41. The normalized spacial score (nSPS) is 10.2. The van der Waals surface area contributed by atoms with Crippen LogP contribution in [-0.4, -0.2) is 92.0 Å². The molecule has 0 radical (unpaired) electrons. The third-order valence-electron chi connectivity index (χ3n) is 11.8. The van der Waals surface area contributed by atoms with Crippen molar-refractivity contribution in [2.45, 2.75) is 34.2 Å². The first-order chi connectivity index (χ1) is 36.1. The van der Waals surface area contributed by atoms with Crippen molar-refractivity contribution < 1.29 is 63.8 Å². The zero-order chi connectivity index (χ0) is 55.6. The zero-order valence-corrected chi connectivity index (χ0v) is 42.0. The van der Waals surface area contributed by atoms with Gasteiger partial charge in [-0.05, 0) is 111 Å². The highest BCUT2D eigenvalue weighted by Gasteiger charge is 2.18. The molecule has 0 atom stereocenters. The standard InChI is InChI=1S/C15H16BNO3.C14H12BFO3.C14H14BNO3.C14H13BO3/c1-11(18)17-10-12-5-7-13(8-6-12)14-3-2-4-15(9-14)16(19)20;1-9(17)10-2-4-11(5-3-10)12-6-7-14(16)13(8-12)15(18)19;1-9-2-7-12(15(18)19)8-13(9)10-3-5-11(6-4-10)14(16)17;1-10(16)11-5-7-12(8-6-11)13-3-2-4-14(9-13)15(17)18/h2-9,19-20H,10H2,1H3,(H,17,18);2-8,18-19H,1H3;2-8,18-19H,1H3,(H2,16,17);2-9,17-18H,1H3. The first-order valence-electron chi connectivity index (χ1n) is 23.6. The Hall–Kier alpha value is -8.09. The van der Waals surface area contributed by atoms with Crippen molar-refractivity contribution in [3.05, 3.63) is 216 Å². The number of amides is 2. The van der Waals surface area contributed by atoms with E-state index in [0.717, 1.165) is 50.1 Å². The van der Waals surface area contributed by atoms with Gasteiger partial charge in [-0.25, -0.2) is 4.39 Å². The lowest BCUT2D eigenvalue weighted by Gasteiger charge is -2.09. The molecule has 19 heteroatoms. The number of aryl methyl sites for hydroxylation is 1. The van der Waals surface area contributed by atoms with Gasteiger partial charge in [0.2, 0.25) is 11.8 Å². The van der Waals surface area contributed by atoms with E-state index in [1.54, 1.807) is 115 Å². The molecular formula is C57H55B4FN2O12. The highest BCUT2D eigenvalue weighted by Crippen LogP contribution is 2.24. The van der Waals surface area contributed by atoms with Crippen LogP contribution in [0, 0.1) is 12.7 Å². The Kier molecular flexibility index (Phi) is 21.7. The third-order valence-corrected chi connectivity index (χ3v) is 11.8. The number of ketones is 2. The number of nitrogens with one attached hydrogen (secondary N) is 1. The largest absolute Gasteiger partial charge is 0.491 e. The van der Waals surface area contributed by atoms with Gasteiger partial charge in [0.1, 0.15) is 5.82 Å². The van der Waals surface area contributed by atoms with Crippen LogP contribution in [0.5, 0.6) is 0 Å². The van der Waals surface area contributed by atoms with E-state index < -0.39 is 40.2 Å². The summed E-state index contributed by atoms with van der Waals surface area (Å²) in [7, 11) is -6.28. The van der Waals surface area contributed by atoms with Crippen LogP contribution >= 0.6 is 0 Å². The molecule has 76 heavy (non-hydrogen) atoms. The highest BCUT2D eigenvalue weighted by atomic mass is 19.1.